The number of carbonyl (C=O) groups is 1. The SMILES string of the molecule is O=C(/C(=C/c1cccs1)c1nc2ccccc2[nH]1)c1ccccc1. The molecule has 4 aromatic rings. The molecule has 0 unspecified atom stereocenters. The minimum absolute atomic E-state index is 0.0388. The van der Waals surface area contributed by atoms with E-state index in [2.05, 4.69) is 9.97 Å². The molecule has 0 saturated heterocycles. The average Bonchev–Trinajstić information content (AvgIpc) is 3.29. The molecule has 0 fully saturated rings. The van der Waals surface area contributed by atoms with Crippen LogP contribution in [-0.2, 0) is 0 Å². The van der Waals surface area contributed by atoms with Gasteiger partial charge < -0.3 is 4.98 Å². The molecule has 0 bridgehead atoms. The standard InChI is InChI=1S/C20H14N2OS/c23-19(14-7-2-1-3-8-14)16(13-15-9-6-12-24-15)20-21-17-10-4-5-11-18(17)22-20/h1-13H,(H,21,22)/b16-13-. The predicted octanol–water partition coefficient (Wildman–Crippen LogP) is 5.05. The summed E-state index contributed by atoms with van der Waals surface area (Å²) in [5, 5.41) is 2.00. The first-order chi connectivity index (χ1) is 11.8. The zero-order chi connectivity index (χ0) is 16.4. The molecule has 116 valence electrons. The molecular weight excluding hydrogens is 316 g/mol. The number of allylic oxidation sites excluding steroid dienone is 1. The number of hydrogen-bond acceptors (Lipinski definition) is 3. The van der Waals surface area contributed by atoms with Gasteiger partial charge in [-0.05, 0) is 29.7 Å². The molecule has 4 rings (SSSR count). The fourth-order valence-corrected chi connectivity index (χ4v) is 3.24. The number of Topliss-reactive ketones (excluding diaryl/α,β-unsaturated/α-hetero) is 1. The number of aromatic amines is 1. The maximum Gasteiger partial charge on any atom is 0.196 e. The van der Waals surface area contributed by atoms with Crippen molar-refractivity contribution in [2.45, 2.75) is 0 Å². The topological polar surface area (TPSA) is 45.8 Å². The van der Waals surface area contributed by atoms with Crippen molar-refractivity contribution in [2.75, 3.05) is 0 Å². The Kier molecular flexibility index (Phi) is 3.81. The number of para-hydroxylation sites is 2. The summed E-state index contributed by atoms with van der Waals surface area (Å²) in [6, 6.07) is 21.0. The molecule has 2 heterocycles. The summed E-state index contributed by atoms with van der Waals surface area (Å²) >= 11 is 1.60. The minimum Gasteiger partial charge on any atom is -0.338 e. The molecule has 0 spiro atoms. The van der Waals surface area contributed by atoms with Gasteiger partial charge in [-0.15, -0.1) is 11.3 Å². The van der Waals surface area contributed by atoms with E-state index in [9.17, 15) is 4.79 Å². The van der Waals surface area contributed by atoms with Crippen molar-refractivity contribution in [1.82, 2.24) is 9.97 Å². The molecule has 2 aromatic carbocycles. The van der Waals surface area contributed by atoms with E-state index in [1.165, 1.54) is 0 Å². The van der Waals surface area contributed by atoms with Gasteiger partial charge in [0.05, 0.1) is 16.6 Å². The first-order valence-corrected chi connectivity index (χ1v) is 8.49. The van der Waals surface area contributed by atoms with Gasteiger partial charge in [0.15, 0.2) is 5.78 Å². The van der Waals surface area contributed by atoms with E-state index in [4.69, 9.17) is 0 Å². The van der Waals surface area contributed by atoms with Crippen LogP contribution in [0.15, 0.2) is 72.1 Å². The van der Waals surface area contributed by atoms with Gasteiger partial charge in [-0.3, -0.25) is 4.79 Å². The number of thiophene rings is 1. The quantitative estimate of drug-likeness (QED) is 0.420. The summed E-state index contributed by atoms with van der Waals surface area (Å²) in [6.07, 6.45) is 1.90. The summed E-state index contributed by atoms with van der Waals surface area (Å²) in [7, 11) is 0. The molecule has 0 atom stereocenters. The number of aromatic nitrogens is 2. The number of nitrogens with zero attached hydrogens (tertiary/aromatic N) is 1. The van der Waals surface area contributed by atoms with E-state index < -0.39 is 0 Å². The third-order valence-electron chi connectivity index (χ3n) is 3.75. The number of rotatable bonds is 4. The highest BCUT2D eigenvalue weighted by Crippen LogP contribution is 2.25. The smallest absolute Gasteiger partial charge is 0.196 e. The van der Waals surface area contributed by atoms with Crippen LogP contribution < -0.4 is 0 Å². The lowest BCUT2D eigenvalue weighted by Crippen LogP contribution is -2.04. The van der Waals surface area contributed by atoms with Gasteiger partial charge in [-0.25, -0.2) is 4.98 Å². The Morgan fingerprint density at radius 3 is 2.50 bits per heavy atom. The number of carbonyl (C=O) groups excluding carboxylic acids is 1. The van der Waals surface area contributed by atoms with Gasteiger partial charge in [0.2, 0.25) is 0 Å². The molecule has 0 saturated carbocycles. The van der Waals surface area contributed by atoms with Crippen LogP contribution in [-0.4, -0.2) is 15.8 Å². The Labute approximate surface area is 143 Å². The van der Waals surface area contributed by atoms with E-state index in [0.29, 0.717) is 17.0 Å². The first kappa shape index (κ1) is 14.6. The molecule has 0 radical (unpaired) electrons. The second-order valence-corrected chi connectivity index (χ2v) is 6.35. The van der Waals surface area contributed by atoms with Crippen LogP contribution in [0.5, 0.6) is 0 Å². The number of hydrogen-bond donors (Lipinski definition) is 1. The fourth-order valence-electron chi connectivity index (χ4n) is 2.58. The monoisotopic (exact) mass is 330 g/mol. The second-order valence-electron chi connectivity index (χ2n) is 5.37. The van der Waals surface area contributed by atoms with Crippen LogP contribution in [0, 0.1) is 0 Å². The van der Waals surface area contributed by atoms with Crippen LogP contribution in [0.4, 0.5) is 0 Å². The Hall–Kier alpha value is -2.98. The van der Waals surface area contributed by atoms with E-state index in [0.717, 1.165) is 15.9 Å². The Morgan fingerprint density at radius 2 is 1.75 bits per heavy atom. The van der Waals surface area contributed by atoms with Crippen molar-refractivity contribution in [3.63, 3.8) is 0 Å². The Bertz CT molecular complexity index is 981. The van der Waals surface area contributed by atoms with Crippen LogP contribution in [0.3, 0.4) is 0 Å². The molecule has 4 heteroatoms. The summed E-state index contributed by atoms with van der Waals surface area (Å²) < 4.78 is 0. The summed E-state index contributed by atoms with van der Waals surface area (Å²) in [5.41, 5.74) is 3.00. The highest BCUT2D eigenvalue weighted by molar-refractivity contribution is 7.11. The number of nitrogens with one attached hydrogen (secondary N) is 1. The predicted molar refractivity (Wildman–Crippen MR) is 99.1 cm³/mol. The van der Waals surface area contributed by atoms with Crippen molar-refractivity contribution < 1.29 is 4.79 Å². The van der Waals surface area contributed by atoms with Gasteiger partial charge in [0.25, 0.3) is 0 Å². The highest BCUT2D eigenvalue weighted by Gasteiger charge is 2.18. The van der Waals surface area contributed by atoms with Crippen molar-refractivity contribution >= 4 is 39.8 Å². The number of fused-ring (bicyclic) bond motifs is 1. The normalized spacial score (nSPS) is 11.8. The van der Waals surface area contributed by atoms with Gasteiger partial charge in [0, 0.05) is 10.4 Å². The number of benzene rings is 2. The molecule has 0 aliphatic carbocycles. The lowest BCUT2D eigenvalue weighted by Gasteiger charge is -2.04. The molecule has 24 heavy (non-hydrogen) atoms. The van der Waals surface area contributed by atoms with Crippen molar-refractivity contribution in [3.05, 3.63) is 88.4 Å². The lowest BCUT2D eigenvalue weighted by molar-refractivity contribution is 0.105. The number of H-pyrrole nitrogens is 1. The summed E-state index contributed by atoms with van der Waals surface area (Å²) in [4.78, 5) is 21.9. The van der Waals surface area contributed by atoms with E-state index in [1.54, 1.807) is 11.3 Å². The Balaban J connectivity index is 1.86. The molecular formula is C20H14N2OS. The fraction of sp³-hybridized carbons (Fsp3) is 0. The van der Waals surface area contributed by atoms with E-state index in [1.807, 2.05) is 78.2 Å². The van der Waals surface area contributed by atoms with E-state index >= 15 is 0 Å². The Morgan fingerprint density at radius 1 is 0.958 bits per heavy atom. The van der Waals surface area contributed by atoms with Crippen molar-refractivity contribution in [1.29, 1.82) is 0 Å². The van der Waals surface area contributed by atoms with Gasteiger partial charge in [0.1, 0.15) is 5.82 Å². The molecule has 3 nitrogen and oxygen atoms in total. The highest BCUT2D eigenvalue weighted by atomic mass is 32.1. The summed E-state index contributed by atoms with van der Waals surface area (Å²) in [5.74, 6) is 0.557. The maximum atomic E-state index is 13.0. The van der Waals surface area contributed by atoms with Gasteiger partial charge in [-0.2, -0.15) is 0 Å². The third-order valence-corrected chi connectivity index (χ3v) is 4.57. The molecule has 1 N–H and O–H groups in total. The zero-order valence-corrected chi connectivity index (χ0v) is 13.6. The van der Waals surface area contributed by atoms with Gasteiger partial charge >= 0.3 is 0 Å². The maximum absolute atomic E-state index is 13.0. The number of ketones is 1. The molecule has 0 aliphatic rings. The third kappa shape index (κ3) is 2.79. The largest absolute Gasteiger partial charge is 0.338 e. The molecule has 0 aliphatic heterocycles. The molecule has 0 amide bonds. The van der Waals surface area contributed by atoms with Crippen molar-refractivity contribution in [2.24, 2.45) is 0 Å². The summed E-state index contributed by atoms with van der Waals surface area (Å²) in [6.45, 7) is 0. The van der Waals surface area contributed by atoms with Crippen LogP contribution in [0.25, 0.3) is 22.7 Å². The second kappa shape index (κ2) is 6.26. The lowest BCUT2D eigenvalue weighted by atomic mass is 10.0. The average molecular weight is 330 g/mol. The minimum atomic E-state index is -0.0388. The van der Waals surface area contributed by atoms with E-state index in [-0.39, 0.29) is 5.78 Å². The van der Waals surface area contributed by atoms with Crippen molar-refractivity contribution in [3.8, 4) is 0 Å². The van der Waals surface area contributed by atoms with Crippen LogP contribution in [0.1, 0.15) is 21.1 Å². The van der Waals surface area contributed by atoms with Gasteiger partial charge in [-0.1, -0.05) is 48.5 Å². The number of imidazole rings is 1. The van der Waals surface area contributed by atoms with Crippen LogP contribution in [0.2, 0.25) is 0 Å². The molecule has 2 aromatic heterocycles. The zero-order valence-electron chi connectivity index (χ0n) is 12.8. The first-order valence-electron chi connectivity index (χ1n) is 7.61. The van der Waals surface area contributed by atoms with Crippen LogP contribution >= 0.6 is 11.3 Å².